The average Bonchev–Trinajstić information content (AvgIpc) is 2.52. The summed E-state index contributed by atoms with van der Waals surface area (Å²) in [6.07, 6.45) is 0.868. The second kappa shape index (κ2) is 4.61. The van der Waals surface area contributed by atoms with Gasteiger partial charge in [-0.1, -0.05) is 6.92 Å². The van der Waals surface area contributed by atoms with Crippen molar-refractivity contribution in [2.45, 2.75) is 13.3 Å². The minimum Gasteiger partial charge on any atom is -0.375 e. The van der Waals surface area contributed by atoms with Crippen molar-refractivity contribution < 1.29 is 9.53 Å². The van der Waals surface area contributed by atoms with Crippen LogP contribution < -0.4 is 5.32 Å². The number of carbonyl (C=O) groups is 1. The Kier molecular flexibility index (Phi) is 3.45. The topological polar surface area (TPSA) is 67.0 Å². The zero-order valence-electron chi connectivity index (χ0n) is 7.76. The molecule has 0 spiro atoms. The van der Waals surface area contributed by atoms with E-state index >= 15 is 0 Å². The van der Waals surface area contributed by atoms with Crippen LogP contribution in [0.5, 0.6) is 0 Å². The van der Waals surface area contributed by atoms with Crippen LogP contribution in [0.1, 0.15) is 12.6 Å². The summed E-state index contributed by atoms with van der Waals surface area (Å²) in [4.78, 5) is 11.0. The van der Waals surface area contributed by atoms with Gasteiger partial charge in [-0.3, -0.25) is 9.89 Å². The number of methoxy groups -OCH3 is 1. The van der Waals surface area contributed by atoms with E-state index in [1.165, 1.54) is 7.11 Å². The summed E-state index contributed by atoms with van der Waals surface area (Å²) in [6, 6.07) is 1.80. The highest BCUT2D eigenvalue weighted by atomic mass is 16.5. The number of hydrogen-bond acceptors (Lipinski definition) is 3. The first-order chi connectivity index (χ1) is 6.26. The minimum absolute atomic E-state index is 0.0499. The number of ether oxygens (including phenoxy) is 1. The summed E-state index contributed by atoms with van der Waals surface area (Å²) in [7, 11) is 1.47. The Hall–Kier alpha value is -1.36. The van der Waals surface area contributed by atoms with Gasteiger partial charge in [-0.2, -0.15) is 5.10 Å². The van der Waals surface area contributed by atoms with Crippen LogP contribution in [0.2, 0.25) is 0 Å². The summed E-state index contributed by atoms with van der Waals surface area (Å²) in [5.74, 6) is 0.343. The molecule has 5 heteroatoms. The number of aryl methyl sites for hydroxylation is 1. The maximum absolute atomic E-state index is 11.0. The third-order valence-electron chi connectivity index (χ3n) is 1.55. The molecule has 1 aromatic heterocycles. The van der Waals surface area contributed by atoms with Crippen LogP contribution in [0.15, 0.2) is 6.07 Å². The highest BCUT2D eigenvalue weighted by molar-refractivity contribution is 5.90. The fourth-order valence-corrected chi connectivity index (χ4v) is 0.917. The van der Waals surface area contributed by atoms with Crippen molar-refractivity contribution >= 4 is 11.7 Å². The van der Waals surface area contributed by atoms with Gasteiger partial charge in [-0.15, -0.1) is 0 Å². The zero-order valence-corrected chi connectivity index (χ0v) is 7.76. The molecule has 0 saturated carbocycles. The van der Waals surface area contributed by atoms with E-state index < -0.39 is 0 Å². The van der Waals surface area contributed by atoms with Gasteiger partial charge in [0.05, 0.1) is 0 Å². The number of nitrogens with one attached hydrogen (secondary N) is 2. The Morgan fingerprint density at radius 3 is 3.08 bits per heavy atom. The second-order valence-corrected chi connectivity index (χ2v) is 2.61. The smallest absolute Gasteiger partial charge is 0.251 e. The van der Waals surface area contributed by atoms with Gasteiger partial charge in [0.1, 0.15) is 6.61 Å². The lowest BCUT2D eigenvalue weighted by Crippen LogP contribution is -2.17. The van der Waals surface area contributed by atoms with Gasteiger partial charge in [0.25, 0.3) is 5.91 Å². The molecule has 5 nitrogen and oxygen atoms in total. The molecule has 0 aromatic carbocycles. The molecular weight excluding hydrogens is 170 g/mol. The number of hydrogen-bond donors (Lipinski definition) is 2. The van der Waals surface area contributed by atoms with Gasteiger partial charge in [0, 0.05) is 18.9 Å². The van der Waals surface area contributed by atoms with E-state index in [0.717, 1.165) is 12.1 Å². The van der Waals surface area contributed by atoms with Gasteiger partial charge in [0.15, 0.2) is 5.82 Å². The molecule has 0 bridgehead atoms. The first-order valence-corrected chi connectivity index (χ1v) is 4.09. The van der Waals surface area contributed by atoms with E-state index in [1.807, 2.05) is 6.92 Å². The highest BCUT2D eigenvalue weighted by Crippen LogP contribution is 2.04. The summed E-state index contributed by atoms with van der Waals surface area (Å²) >= 11 is 0. The number of H-pyrrole nitrogens is 1. The van der Waals surface area contributed by atoms with Crippen molar-refractivity contribution in [3.8, 4) is 0 Å². The normalized spacial score (nSPS) is 10.0. The van der Waals surface area contributed by atoms with Crippen LogP contribution in [-0.4, -0.2) is 29.8 Å². The van der Waals surface area contributed by atoms with Gasteiger partial charge in [-0.05, 0) is 6.42 Å². The zero-order chi connectivity index (χ0) is 9.68. The Morgan fingerprint density at radius 2 is 2.54 bits per heavy atom. The van der Waals surface area contributed by atoms with E-state index in [2.05, 4.69) is 20.3 Å². The van der Waals surface area contributed by atoms with E-state index in [9.17, 15) is 4.79 Å². The Labute approximate surface area is 76.5 Å². The largest absolute Gasteiger partial charge is 0.375 e. The maximum Gasteiger partial charge on any atom is 0.251 e. The van der Waals surface area contributed by atoms with Gasteiger partial charge in [-0.25, -0.2) is 0 Å². The molecule has 1 amide bonds. The molecule has 1 rings (SSSR count). The first-order valence-electron chi connectivity index (χ1n) is 4.09. The molecule has 0 fully saturated rings. The molecule has 0 radical (unpaired) electrons. The van der Waals surface area contributed by atoms with Crippen LogP contribution in [0.25, 0.3) is 0 Å². The number of aromatic amines is 1. The lowest BCUT2D eigenvalue weighted by atomic mass is 10.3. The van der Waals surface area contributed by atoms with Crippen molar-refractivity contribution in [2.24, 2.45) is 0 Å². The Balaban J connectivity index is 2.49. The molecule has 0 aliphatic heterocycles. The molecule has 1 aromatic rings. The van der Waals surface area contributed by atoms with Gasteiger partial charge < -0.3 is 10.1 Å². The van der Waals surface area contributed by atoms with Crippen molar-refractivity contribution in [1.29, 1.82) is 0 Å². The van der Waals surface area contributed by atoms with Crippen LogP contribution >= 0.6 is 0 Å². The predicted molar refractivity (Wildman–Crippen MR) is 48.5 cm³/mol. The quantitative estimate of drug-likeness (QED) is 0.716. The standard InChI is InChI=1S/C8H13N3O2/c1-3-6-4-7(11-10-6)9-8(12)5-13-2/h4H,3,5H2,1-2H3,(H2,9,10,11,12). The number of carbonyl (C=O) groups excluding carboxylic acids is 1. The number of nitrogens with zero attached hydrogens (tertiary/aromatic N) is 1. The highest BCUT2D eigenvalue weighted by Gasteiger charge is 2.03. The number of aromatic nitrogens is 2. The summed E-state index contributed by atoms with van der Waals surface area (Å²) in [6.45, 7) is 2.06. The van der Waals surface area contributed by atoms with E-state index in [1.54, 1.807) is 6.07 Å². The second-order valence-electron chi connectivity index (χ2n) is 2.61. The van der Waals surface area contributed by atoms with Crippen LogP contribution in [-0.2, 0) is 16.0 Å². The number of anilines is 1. The molecule has 2 N–H and O–H groups in total. The SMILES string of the molecule is CCc1cc(NC(=O)COC)n[nH]1. The van der Waals surface area contributed by atoms with Crippen molar-refractivity contribution in [2.75, 3.05) is 19.0 Å². The Bertz CT molecular complexity index is 283. The van der Waals surface area contributed by atoms with E-state index in [-0.39, 0.29) is 12.5 Å². The summed E-state index contributed by atoms with van der Waals surface area (Å²) in [5, 5.41) is 9.29. The molecule has 13 heavy (non-hydrogen) atoms. The number of rotatable bonds is 4. The lowest BCUT2D eigenvalue weighted by Gasteiger charge is -1.98. The van der Waals surface area contributed by atoms with Gasteiger partial charge in [0.2, 0.25) is 0 Å². The fraction of sp³-hybridized carbons (Fsp3) is 0.500. The summed E-state index contributed by atoms with van der Waals surface area (Å²) < 4.78 is 4.66. The maximum atomic E-state index is 11.0. The van der Waals surface area contributed by atoms with Crippen LogP contribution in [0.3, 0.4) is 0 Å². The minimum atomic E-state index is -0.198. The third-order valence-corrected chi connectivity index (χ3v) is 1.55. The molecule has 0 aliphatic rings. The third kappa shape index (κ3) is 2.87. The van der Waals surface area contributed by atoms with Gasteiger partial charge >= 0.3 is 0 Å². The number of amides is 1. The molecule has 1 heterocycles. The van der Waals surface area contributed by atoms with Crippen molar-refractivity contribution in [3.63, 3.8) is 0 Å². The van der Waals surface area contributed by atoms with Crippen molar-refractivity contribution in [3.05, 3.63) is 11.8 Å². The summed E-state index contributed by atoms with van der Waals surface area (Å²) in [5.41, 5.74) is 0.993. The molecule has 72 valence electrons. The van der Waals surface area contributed by atoms with Crippen molar-refractivity contribution in [1.82, 2.24) is 10.2 Å². The van der Waals surface area contributed by atoms with Crippen LogP contribution in [0.4, 0.5) is 5.82 Å². The Morgan fingerprint density at radius 1 is 1.77 bits per heavy atom. The van der Waals surface area contributed by atoms with E-state index in [0.29, 0.717) is 5.82 Å². The molecular formula is C8H13N3O2. The first kappa shape index (κ1) is 9.73. The molecule has 0 saturated heterocycles. The monoisotopic (exact) mass is 183 g/mol. The molecule has 0 aliphatic carbocycles. The molecule has 0 atom stereocenters. The predicted octanol–water partition coefficient (Wildman–Crippen LogP) is 0.557. The van der Waals surface area contributed by atoms with Crippen LogP contribution in [0, 0.1) is 0 Å². The van der Waals surface area contributed by atoms with E-state index in [4.69, 9.17) is 0 Å². The fourth-order valence-electron chi connectivity index (χ4n) is 0.917. The average molecular weight is 183 g/mol. The lowest BCUT2D eigenvalue weighted by molar-refractivity contribution is -0.119. The molecule has 0 unspecified atom stereocenters.